The first-order valence-electron chi connectivity index (χ1n) is 6.50. The normalized spacial score (nSPS) is 13.3. The van der Waals surface area contributed by atoms with Crippen LogP contribution in [0.5, 0.6) is 0 Å². The summed E-state index contributed by atoms with van der Waals surface area (Å²) in [5.74, 6) is 1.12. The zero-order valence-electron chi connectivity index (χ0n) is 11.8. The van der Waals surface area contributed by atoms with Crippen LogP contribution in [0, 0.1) is 5.82 Å². The van der Waals surface area contributed by atoms with Crippen molar-refractivity contribution in [3.63, 3.8) is 0 Å². The Morgan fingerprint density at radius 3 is 2.75 bits per heavy atom. The van der Waals surface area contributed by atoms with Crippen LogP contribution in [0.1, 0.15) is 12.7 Å². The molecule has 0 aliphatic carbocycles. The van der Waals surface area contributed by atoms with Gasteiger partial charge in [0.2, 0.25) is 0 Å². The van der Waals surface area contributed by atoms with Gasteiger partial charge in [-0.25, -0.2) is 9.37 Å². The second-order valence-electron chi connectivity index (χ2n) is 5.15. The molecule has 3 nitrogen and oxygen atoms in total. The molecule has 2 aromatic rings. The van der Waals surface area contributed by atoms with Gasteiger partial charge < -0.3 is 9.47 Å². The van der Waals surface area contributed by atoms with Crippen molar-refractivity contribution in [1.29, 1.82) is 0 Å². The highest BCUT2D eigenvalue weighted by molar-refractivity contribution is 9.10. The molecule has 2 rings (SSSR count). The lowest BCUT2D eigenvalue weighted by atomic mass is 10.2. The highest BCUT2D eigenvalue weighted by Crippen LogP contribution is 2.25. The summed E-state index contributed by atoms with van der Waals surface area (Å²) in [5.41, 5.74) is 1.61. The Morgan fingerprint density at radius 2 is 2.15 bits per heavy atom. The summed E-state index contributed by atoms with van der Waals surface area (Å²) < 4.78 is 16.2. The van der Waals surface area contributed by atoms with E-state index in [1.807, 2.05) is 14.1 Å². The molecule has 1 heterocycles. The summed E-state index contributed by atoms with van der Waals surface area (Å²) in [6.45, 7) is 2.95. The Bertz CT molecular complexity index is 612. The van der Waals surface area contributed by atoms with Gasteiger partial charge >= 0.3 is 0 Å². The van der Waals surface area contributed by atoms with Gasteiger partial charge in [-0.3, -0.25) is 0 Å². The number of rotatable bonds is 5. The highest BCUT2D eigenvalue weighted by atomic mass is 79.9. The fraction of sp³-hybridized carbons (Fsp3) is 0.500. The number of benzene rings is 1. The molecule has 0 saturated carbocycles. The van der Waals surface area contributed by atoms with E-state index in [2.05, 4.69) is 37.3 Å². The van der Waals surface area contributed by atoms with Crippen LogP contribution in [0.15, 0.2) is 16.6 Å². The summed E-state index contributed by atoms with van der Waals surface area (Å²) in [6.07, 6.45) is 0.676. The van der Waals surface area contributed by atoms with Crippen molar-refractivity contribution in [3.05, 3.63) is 28.2 Å². The predicted molar refractivity (Wildman–Crippen MR) is 85.0 cm³/mol. The molecule has 0 saturated heterocycles. The maximum atomic E-state index is 13.6. The highest BCUT2D eigenvalue weighted by Gasteiger charge is 2.16. The molecule has 6 heteroatoms. The standard InChI is InChI=1S/C14H18BrClFN3/c1-9(19(2)3)8-20-13-6-10(15)11(17)7-12(13)18-14(20)4-5-16/h6-7,9H,4-5,8H2,1-3H3. The number of aromatic nitrogens is 2. The van der Waals surface area contributed by atoms with Gasteiger partial charge in [0.05, 0.1) is 15.5 Å². The summed E-state index contributed by atoms with van der Waals surface area (Å²) in [6, 6.07) is 3.61. The minimum absolute atomic E-state index is 0.291. The number of fused-ring (bicyclic) bond motifs is 1. The zero-order valence-corrected chi connectivity index (χ0v) is 14.2. The Balaban J connectivity index is 2.52. The van der Waals surface area contributed by atoms with Crippen molar-refractivity contribution in [2.45, 2.75) is 25.9 Å². The second-order valence-corrected chi connectivity index (χ2v) is 6.38. The predicted octanol–water partition coefficient (Wildman–Crippen LogP) is 3.67. The van der Waals surface area contributed by atoms with Gasteiger partial charge in [-0.15, -0.1) is 11.6 Å². The molecule has 1 unspecified atom stereocenters. The van der Waals surface area contributed by atoms with E-state index in [1.165, 1.54) is 6.07 Å². The fourth-order valence-electron chi connectivity index (χ4n) is 2.08. The van der Waals surface area contributed by atoms with E-state index in [1.54, 1.807) is 6.07 Å². The van der Waals surface area contributed by atoms with Crippen LogP contribution in [-0.2, 0) is 13.0 Å². The minimum Gasteiger partial charge on any atom is -0.326 e. The first kappa shape index (κ1) is 15.7. The SMILES string of the molecule is CC(Cn1c(CCCl)nc2cc(F)c(Br)cc21)N(C)C. The first-order chi connectivity index (χ1) is 9.43. The molecule has 0 bridgehead atoms. The van der Waals surface area contributed by atoms with Crippen molar-refractivity contribution < 1.29 is 4.39 Å². The third-order valence-electron chi connectivity index (χ3n) is 3.52. The molecule has 1 aromatic heterocycles. The van der Waals surface area contributed by atoms with Crippen LogP contribution in [0.3, 0.4) is 0 Å². The van der Waals surface area contributed by atoms with E-state index in [-0.39, 0.29) is 5.82 Å². The maximum Gasteiger partial charge on any atom is 0.139 e. The Labute approximate surface area is 131 Å². The number of imidazole rings is 1. The van der Waals surface area contributed by atoms with Gasteiger partial charge in [-0.2, -0.15) is 0 Å². The lowest BCUT2D eigenvalue weighted by molar-refractivity contribution is 0.284. The number of nitrogens with zero attached hydrogens (tertiary/aromatic N) is 3. The first-order valence-corrected chi connectivity index (χ1v) is 7.83. The number of halogens is 3. The summed E-state index contributed by atoms with van der Waals surface area (Å²) in [7, 11) is 4.08. The summed E-state index contributed by atoms with van der Waals surface area (Å²) in [4.78, 5) is 6.66. The van der Waals surface area contributed by atoms with E-state index in [0.29, 0.717) is 28.3 Å². The van der Waals surface area contributed by atoms with Crippen LogP contribution in [0.4, 0.5) is 4.39 Å². The molecule has 1 atom stereocenters. The average molecular weight is 363 g/mol. The fourth-order valence-corrected chi connectivity index (χ4v) is 2.58. The molecule has 0 radical (unpaired) electrons. The number of hydrogen-bond donors (Lipinski definition) is 0. The third kappa shape index (κ3) is 3.15. The maximum absolute atomic E-state index is 13.6. The van der Waals surface area contributed by atoms with E-state index in [4.69, 9.17) is 11.6 Å². The van der Waals surface area contributed by atoms with Crippen LogP contribution >= 0.6 is 27.5 Å². The molecular weight excluding hydrogens is 345 g/mol. The number of alkyl halides is 1. The van der Waals surface area contributed by atoms with Crippen LogP contribution in [-0.4, -0.2) is 40.5 Å². The van der Waals surface area contributed by atoms with E-state index in [9.17, 15) is 4.39 Å². The monoisotopic (exact) mass is 361 g/mol. The number of aryl methyl sites for hydroxylation is 1. The lowest BCUT2D eigenvalue weighted by Gasteiger charge is -2.21. The van der Waals surface area contributed by atoms with Crippen molar-refractivity contribution in [2.24, 2.45) is 0 Å². The minimum atomic E-state index is -0.291. The number of hydrogen-bond acceptors (Lipinski definition) is 2. The van der Waals surface area contributed by atoms with Gasteiger partial charge in [-0.05, 0) is 43.0 Å². The second kappa shape index (κ2) is 6.41. The quantitative estimate of drug-likeness (QED) is 0.757. The average Bonchev–Trinajstić information content (AvgIpc) is 2.68. The number of likely N-dealkylation sites (N-methyl/N-ethyl adjacent to an activating group) is 1. The topological polar surface area (TPSA) is 21.1 Å². The third-order valence-corrected chi connectivity index (χ3v) is 4.31. The van der Waals surface area contributed by atoms with Gasteiger partial charge in [0.25, 0.3) is 0 Å². The summed E-state index contributed by atoms with van der Waals surface area (Å²) in [5, 5.41) is 0. The molecule has 1 aromatic carbocycles. The molecule has 0 aliphatic rings. The zero-order chi connectivity index (χ0) is 14.9. The molecule has 110 valence electrons. The van der Waals surface area contributed by atoms with E-state index >= 15 is 0 Å². The molecular formula is C14H18BrClFN3. The van der Waals surface area contributed by atoms with Crippen LogP contribution in [0.2, 0.25) is 0 Å². The Morgan fingerprint density at radius 1 is 1.45 bits per heavy atom. The van der Waals surface area contributed by atoms with Gasteiger partial charge in [0.15, 0.2) is 0 Å². The molecule has 0 amide bonds. The molecule has 0 spiro atoms. The largest absolute Gasteiger partial charge is 0.326 e. The lowest BCUT2D eigenvalue weighted by Crippen LogP contribution is -2.29. The van der Waals surface area contributed by atoms with Crippen molar-refractivity contribution in [3.8, 4) is 0 Å². The Hall–Kier alpha value is -0.650. The van der Waals surface area contributed by atoms with E-state index in [0.717, 1.165) is 17.9 Å². The van der Waals surface area contributed by atoms with E-state index < -0.39 is 0 Å². The smallest absolute Gasteiger partial charge is 0.139 e. The van der Waals surface area contributed by atoms with Crippen molar-refractivity contribution in [1.82, 2.24) is 14.5 Å². The van der Waals surface area contributed by atoms with Crippen LogP contribution < -0.4 is 0 Å². The summed E-state index contributed by atoms with van der Waals surface area (Å²) >= 11 is 9.09. The molecule has 0 N–H and O–H groups in total. The molecule has 0 aliphatic heterocycles. The Kier molecular flexibility index (Phi) is 5.04. The van der Waals surface area contributed by atoms with Gasteiger partial charge in [0.1, 0.15) is 11.6 Å². The van der Waals surface area contributed by atoms with Crippen molar-refractivity contribution >= 4 is 38.6 Å². The van der Waals surface area contributed by atoms with Gasteiger partial charge in [0, 0.05) is 31.0 Å². The molecule has 0 fully saturated rings. The van der Waals surface area contributed by atoms with Crippen molar-refractivity contribution in [2.75, 3.05) is 20.0 Å². The molecule has 20 heavy (non-hydrogen) atoms. The van der Waals surface area contributed by atoms with Gasteiger partial charge in [-0.1, -0.05) is 0 Å². The van der Waals surface area contributed by atoms with Crippen LogP contribution in [0.25, 0.3) is 11.0 Å².